The van der Waals surface area contributed by atoms with Gasteiger partial charge >= 0.3 is 0 Å². The Morgan fingerprint density at radius 2 is 1.96 bits per heavy atom. The molecule has 0 aliphatic carbocycles. The SMILES string of the molecule is Cc1ccc(C(=O)N2CCC[C@H](c3ccnc(-c4ccccc4)n3)C2)cc1F. The van der Waals surface area contributed by atoms with E-state index in [1.54, 1.807) is 25.3 Å². The van der Waals surface area contributed by atoms with E-state index in [2.05, 4.69) is 4.98 Å². The number of amides is 1. The molecule has 0 unspecified atom stereocenters. The molecule has 0 spiro atoms. The minimum absolute atomic E-state index is 0.124. The van der Waals surface area contributed by atoms with Crippen molar-refractivity contribution in [3.63, 3.8) is 0 Å². The number of benzene rings is 2. The van der Waals surface area contributed by atoms with Crippen molar-refractivity contribution in [1.82, 2.24) is 14.9 Å². The molecule has 0 saturated carbocycles. The maximum absolute atomic E-state index is 13.9. The standard InChI is InChI=1S/C23H22FN3O/c1-16-9-10-18(14-20(16)24)23(28)27-13-5-8-19(15-27)21-11-12-25-22(26-21)17-6-3-2-4-7-17/h2-4,6-7,9-12,14,19H,5,8,13,15H2,1H3/t19-/m0/s1. The monoisotopic (exact) mass is 375 g/mol. The molecule has 2 aromatic carbocycles. The van der Waals surface area contributed by atoms with Crippen LogP contribution in [0.15, 0.2) is 60.8 Å². The van der Waals surface area contributed by atoms with E-state index in [1.165, 1.54) is 6.07 Å². The molecule has 0 bridgehead atoms. The van der Waals surface area contributed by atoms with E-state index in [1.807, 2.05) is 41.3 Å². The summed E-state index contributed by atoms with van der Waals surface area (Å²) < 4.78 is 13.9. The molecule has 1 saturated heterocycles. The molecule has 1 aromatic heterocycles. The van der Waals surface area contributed by atoms with Gasteiger partial charge in [0.15, 0.2) is 5.82 Å². The van der Waals surface area contributed by atoms with Crippen LogP contribution in [0, 0.1) is 12.7 Å². The highest BCUT2D eigenvalue weighted by Crippen LogP contribution is 2.28. The predicted molar refractivity (Wildman–Crippen MR) is 106 cm³/mol. The van der Waals surface area contributed by atoms with Crippen LogP contribution < -0.4 is 0 Å². The third kappa shape index (κ3) is 3.79. The normalized spacial score (nSPS) is 16.8. The Balaban J connectivity index is 1.54. The number of rotatable bonds is 3. The van der Waals surface area contributed by atoms with Crippen LogP contribution in [0.2, 0.25) is 0 Å². The fraction of sp³-hybridized carbons (Fsp3) is 0.261. The first-order valence-electron chi connectivity index (χ1n) is 9.55. The van der Waals surface area contributed by atoms with Gasteiger partial charge in [-0.05, 0) is 43.5 Å². The van der Waals surface area contributed by atoms with Gasteiger partial charge < -0.3 is 4.90 Å². The van der Waals surface area contributed by atoms with Crippen molar-refractivity contribution in [2.24, 2.45) is 0 Å². The summed E-state index contributed by atoms with van der Waals surface area (Å²) in [6.45, 7) is 2.96. The second kappa shape index (κ2) is 7.89. The van der Waals surface area contributed by atoms with Crippen LogP contribution in [0.25, 0.3) is 11.4 Å². The lowest BCUT2D eigenvalue weighted by Gasteiger charge is -2.32. The second-order valence-corrected chi connectivity index (χ2v) is 7.23. The quantitative estimate of drug-likeness (QED) is 0.671. The van der Waals surface area contributed by atoms with Gasteiger partial charge in [0.05, 0.1) is 0 Å². The topological polar surface area (TPSA) is 46.1 Å². The first-order valence-corrected chi connectivity index (χ1v) is 9.55. The zero-order chi connectivity index (χ0) is 19.5. The van der Waals surface area contributed by atoms with Crippen molar-refractivity contribution in [2.45, 2.75) is 25.7 Å². The van der Waals surface area contributed by atoms with Gasteiger partial charge in [-0.1, -0.05) is 36.4 Å². The molecule has 4 rings (SSSR count). The van der Waals surface area contributed by atoms with Gasteiger partial charge in [-0.3, -0.25) is 4.79 Å². The molecule has 4 nitrogen and oxygen atoms in total. The van der Waals surface area contributed by atoms with Crippen LogP contribution in [0.4, 0.5) is 4.39 Å². The van der Waals surface area contributed by atoms with Crippen LogP contribution in [-0.4, -0.2) is 33.9 Å². The Hall–Kier alpha value is -3.08. The molecule has 0 N–H and O–H groups in total. The molecular formula is C23H22FN3O. The molecule has 0 radical (unpaired) electrons. The number of nitrogens with zero attached hydrogens (tertiary/aromatic N) is 3. The van der Waals surface area contributed by atoms with E-state index in [0.29, 0.717) is 30.0 Å². The second-order valence-electron chi connectivity index (χ2n) is 7.23. The largest absolute Gasteiger partial charge is 0.338 e. The molecule has 1 aliphatic rings. The summed E-state index contributed by atoms with van der Waals surface area (Å²) in [6, 6.07) is 16.5. The van der Waals surface area contributed by atoms with Gasteiger partial charge in [0.25, 0.3) is 5.91 Å². The summed E-state index contributed by atoms with van der Waals surface area (Å²) in [5, 5.41) is 0. The first kappa shape index (κ1) is 18.3. The fourth-order valence-electron chi connectivity index (χ4n) is 3.64. The number of carbonyl (C=O) groups excluding carboxylic acids is 1. The Morgan fingerprint density at radius 1 is 1.14 bits per heavy atom. The maximum Gasteiger partial charge on any atom is 0.253 e. The smallest absolute Gasteiger partial charge is 0.253 e. The zero-order valence-electron chi connectivity index (χ0n) is 15.8. The van der Waals surface area contributed by atoms with E-state index < -0.39 is 0 Å². The van der Waals surface area contributed by atoms with Crippen LogP contribution in [-0.2, 0) is 0 Å². The number of carbonyl (C=O) groups is 1. The lowest BCUT2D eigenvalue weighted by atomic mass is 9.94. The number of hydrogen-bond acceptors (Lipinski definition) is 3. The zero-order valence-corrected chi connectivity index (χ0v) is 15.8. The maximum atomic E-state index is 13.9. The van der Waals surface area contributed by atoms with E-state index in [0.717, 1.165) is 24.1 Å². The van der Waals surface area contributed by atoms with Crippen molar-refractivity contribution < 1.29 is 9.18 Å². The Morgan fingerprint density at radius 3 is 2.75 bits per heavy atom. The molecule has 1 fully saturated rings. The van der Waals surface area contributed by atoms with E-state index in [-0.39, 0.29) is 17.6 Å². The van der Waals surface area contributed by atoms with Gasteiger partial charge in [-0.15, -0.1) is 0 Å². The first-order chi connectivity index (χ1) is 13.6. The minimum Gasteiger partial charge on any atom is -0.338 e. The Bertz CT molecular complexity index is 990. The third-order valence-electron chi connectivity index (χ3n) is 5.25. The molecule has 3 aromatic rings. The number of hydrogen-bond donors (Lipinski definition) is 0. The molecule has 142 valence electrons. The summed E-state index contributed by atoms with van der Waals surface area (Å²) in [6.07, 6.45) is 3.65. The minimum atomic E-state index is -0.345. The lowest BCUT2D eigenvalue weighted by Crippen LogP contribution is -2.39. The number of aryl methyl sites for hydroxylation is 1. The lowest BCUT2D eigenvalue weighted by molar-refractivity contribution is 0.0705. The van der Waals surface area contributed by atoms with E-state index in [9.17, 15) is 9.18 Å². The summed E-state index contributed by atoms with van der Waals surface area (Å²) in [7, 11) is 0. The van der Waals surface area contributed by atoms with Crippen molar-refractivity contribution in [3.8, 4) is 11.4 Å². The van der Waals surface area contributed by atoms with Crippen molar-refractivity contribution in [3.05, 3.63) is 83.4 Å². The highest BCUT2D eigenvalue weighted by atomic mass is 19.1. The highest BCUT2D eigenvalue weighted by Gasteiger charge is 2.27. The summed E-state index contributed by atoms with van der Waals surface area (Å²) in [5.74, 6) is 0.379. The van der Waals surface area contributed by atoms with Crippen molar-refractivity contribution in [1.29, 1.82) is 0 Å². The van der Waals surface area contributed by atoms with Gasteiger partial charge in [0.1, 0.15) is 5.82 Å². The van der Waals surface area contributed by atoms with Gasteiger partial charge in [0.2, 0.25) is 0 Å². The van der Waals surface area contributed by atoms with Gasteiger partial charge in [-0.25, -0.2) is 14.4 Å². The average molecular weight is 375 g/mol. The number of aromatic nitrogens is 2. The predicted octanol–water partition coefficient (Wildman–Crippen LogP) is 4.61. The average Bonchev–Trinajstić information content (AvgIpc) is 2.76. The van der Waals surface area contributed by atoms with Crippen molar-refractivity contribution in [2.75, 3.05) is 13.1 Å². The Labute approximate surface area is 164 Å². The summed E-state index contributed by atoms with van der Waals surface area (Å²) in [5.41, 5.74) is 2.86. The van der Waals surface area contributed by atoms with Crippen LogP contribution in [0.1, 0.15) is 40.4 Å². The molecule has 5 heteroatoms. The van der Waals surface area contributed by atoms with E-state index in [4.69, 9.17) is 4.98 Å². The molecule has 2 heterocycles. The van der Waals surface area contributed by atoms with Gasteiger partial charge in [0, 0.05) is 42.0 Å². The summed E-state index contributed by atoms with van der Waals surface area (Å²) in [4.78, 5) is 23.8. The molecule has 1 aliphatic heterocycles. The summed E-state index contributed by atoms with van der Waals surface area (Å²) >= 11 is 0. The number of piperidine rings is 1. The number of halogens is 1. The molecule has 28 heavy (non-hydrogen) atoms. The highest BCUT2D eigenvalue weighted by molar-refractivity contribution is 5.94. The van der Waals surface area contributed by atoms with Crippen molar-refractivity contribution >= 4 is 5.91 Å². The van der Waals surface area contributed by atoms with Crippen LogP contribution in [0.5, 0.6) is 0 Å². The number of likely N-dealkylation sites (tertiary alicyclic amines) is 1. The molecule has 1 atom stereocenters. The molecular weight excluding hydrogens is 353 g/mol. The Kier molecular flexibility index (Phi) is 5.15. The van der Waals surface area contributed by atoms with Crippen LogP contribution in [0.3, 0.4) is 0 Å². The fourth-order valence-corrected chi connectivity index (χ4v) is 3.64. The van der Waals surface area contributed by atoms with Crippen LogP contribution >= 0.6 is 0 Å². The third-order valence-corrected chi connectivity index (χ3v) is 5.25. The van der Waals surface area contributed by atoms with E-state index >= 15 is 0 Å². The molecule has 1 amide bonds. The van der Waals surface area contributed by atoms with Gasteiger partial charge in [-0.2, -0.15) is 0 Å².